The van der Waals surface area contributed by atoms with Gasteiger partial charge in [-0.1, -0.05) is 6.92 Å². The number of hydrogen-bond donors (Lipinski definition) is 2. The molecule has 0 radical (unpaired) electrons. The van der Waals surface area contributed by atoms with Crippen LogP contribution in [0.2, 0.25) is 0 Å². The summed E-state index contributed by atoms with van der Waals surface area (Å²) in [5, 5.41) is 16.4. The van der Waals surface area contributed by atoms with Crippen LogP contribution in [0.1, 0.15) is 25.8 Å². The van der Waals surface area contributed by atoms with Crippen molar-refractivity contribution in [3.8, 4) is 0 Å². The molecular formula is C10H19N3O. The molecule has 80 valence electrons. The maximum absolute atomic E-state index is 9.04. The van der Waals surface area contributed by atoms with E-state index in [0.29, 0.717) is 6.54 Å². The van der Waals surface area contributed by atoms with Crippen molar-refractivity contribution < 1.29 is 5.11 Å². The van der Waals surface area contributed by atoms with Crippen LogP contribution in [0.5, 0.6) is 0 Å². The second-order valence-electron chi connectivity index (χ2n) is 3.59. The Balaban J connectivity index is 2.28. The largest absolute Gasteiger partial charge is 0.392 e. The van der Waals surface area contributed by atoms with E-state index in [-0.39, 0.29) is 6.10 Å². The van der Waals surface area contributed by atoms with Crippen LogP contribution in [0.4, 0.5) is 0 Å². The average Bonchev–Trinajstić information content (AvgIpc) is 2.53. The summed E-state index contributed by atoms with van der Waals surface area (Å²) in [6.07, 6.45) is 4.71. The number of rotatable bonds is 6. The lowest BCUT2D eigenvalue weighted by atomic mass is 10.3. The zero-order valence-corrected chi connectivity index (χ0v) is 8.90. The van der Waals surface area contributed by atoms with Gasteiger partial charge in [0.05, 0.1) is 12.3 Å². The fraction of sp³-hybridized carbons (Fsp3) is 0.700. The van der Waals surface area contributed by atoms with E-state index in [0.717, 1.165) is 19.5 Å². The third-order valence-corrected chi connectivity index (χ3v) is 1.91. The highest BCUT2D eigenvalue weighted by Gasteiger charge is 1.98. The van der Waals surface area contributed by atoms with Gasteiger partial charge in [-0.25, -0.2) is 0 Å². The molecule has 0 unspecified atom stereocenters. The monoisotopic (exact) mass is 197 g/mol. The summed E-state index contributed by atoms with van der Waals surface area (Å²) < 4.78 is 1.94. The van der Waals surface area contributed by atoms with Crippen molar-refractivity contribution in [3.05, 3.63) is 18.0 Å². The highest BCUT2D eigenvalue weighted by Crippen LogP contribution is 1.98. The predicted molar refractivity (Wildman–Crippen MR) is 55.9 cm³/mol. The molecule has 1 aromatic heterocycles. The van der Waals surface area contributed by atoms with Crippen LogP contribution in [0.15, 0.2) is 12.4 Å². The van der Waals surface area contributed by atoms with Crippen molar-refractivity contribution in [2.45, 2.75) is 39.5 Å². The van der Waals surface area contributed by atoms with Gasteiger partial charge in [0.25, 0.3) is 0 Å². The van der Waals surface area contributed by atoms with E-state index in [2.05, 4.69) is 17.3 Å². The molecule has 4 nitrogen and oxygen atoms in total. The molecule has 4 heteroatoms. The van der Waals surface area contributed by atoms with Gasteiger partial charge in [0.1, 0.15) is 0 Å². The van der Waals surface area contributed by atoms with Gasteiger partial charge in [0.2, 0.25) is 0 Å². The first-order valence-electron chi connectivity index (χ1n) is 5.12. The van der Waals surface area contributed by atoms with Gasteiger partial charge < -0.3 is 10.4 Å². The molecule has 0 fully saturated rings. The minimum atomic E-state index is -0.291. The van der Waals surface area contributed by atoms with Crippen molar-refractivity contribution in [1.29, 1.82) is 0 Å². The van der Waals surface area contributed by atoms with Crippen molar-refractivity contribution in [2.75, 3.05) is 6.54 Å². The van der Waals surface area contributed by atoms with Gasteiger partial charge in [-0.05, 0) is 13.3 Å². The third kappa shape index (κ3) is 3.89. The molecule has 1 rings (SSSR count). The number of aryl methyl sites for hydroxylation is 1. The Bertz CT molecular complexity index is 258. The first-order valence-corrected chi connectivity index (χ1v) is 5.12. The number of nitrogens with zero attached hydrogens (tertiary/aromatic N) is 2. The Labute approximate surface area is 84.9 Å². The predicted octanol–water partition coefficient (Wildman–Crippen LogP) is 0.763. The zero-order valence-electron chi connectivity index (χ0n) is 8.90. The van der Waals surface area contributed by atoms with E-state index in [1.807, 2.05) is 17.1 Å². The fourth-order valence-corrected chi connectivity index (χ4v) is 1.27. The number of aliphatic hydroxyl groups is 1. The maximum atomic E-state index is 9.04. The van der Waals surface area contributed by atoms with Crippen molar-refractivity contribution in [2.24, 2.45) is 0 Å². The highest BCUT2D eigenvalue weighted by molar-refractivity contribution is 5.03. The van der Waals surface area contributed by atoms with Gasteiger partial charge in [-0.2, -0.15) is 5.10 Å². The first kappa shape index (κ1) is 11.2. The van der Waals surface area contributed by atoms with Crippen LogP contribution < -0.4 is 5.32 Å². The van der Waals surface area contributed by atoms with Gasteiger partial charge >= 0.3 is 0 Å². The molecule has 2 N–H and O–H groups in total. The van der Waals surface area contributed by atoms with Gasteiger partial charge in [-0.15, -0.1) is 0 Å². The Hall–Kier alpha value is -0.870. The molecule has 0 amide bonds. The maximum Gasteiger partial charge on any atom is 0.0636 e. The van der Waals surface area contributed by atoms with E-state index in [1.165, 1.54) is 5.56 Å². The van der Waals surface area contributed by atoms with Crippen LogP contribution >= 0.6 is 0 Å². The fourth-order valence-electron chi connectivity index (χ4n) is 1.27. The molecule has 0 aromatic carbocycles. The van der Waals surface area contributed by atoms with E-state index < -0.39 is 0 Å². The third-order valence-electron chi connectivity index (χ3n) is 1.91. The molecule has 0 saturated carbocycles. The Morgan fingerprint density at radius 1 is 1.64 bits per heavy atom. The van der Waals surface area contributed by atoms with Gasteiger partial charge in [0.15, 0.2) is 0 Å². The molecule has 1 aromatic rings. The SMILES string of the molecule is CCCn1cc(CNC[C@H](C)O)cn1. The highest BCUT2D eigenvalue weighted by atomic mass is 16.3. The molecule has 0 aliphatic heterocycles. The molecule has 1 heterocycles. The average molecular weight is 197 g/mol. The number of aromatic nitrogens is 2. The second kappa shape index (κ2) is 5.78. The molecule has 1 atom stereocenters. The summed E-state index contributed by atoms with van der Waals surface area (Å²) >= 11 is 0. The Morgan fingerprint density at radius 2 is 2.43 bits per heavy atom. The lowest BCUT2D eigenvalue weighted by Gasteiger charge is -2.04. The van der Waals surface area contributed by atoms with Gasteiger partial charge in [0, 0.05) is 31.4 Å². The Morgan fingerprint density at radius 3 is 3.07 bits per heavy atom. The number of aliphatic hydroxyl groups excluding tert-OH is 1. The van der Waals surface area contributed by atoms with Crippen LogP contribution in [-0.2, 0) is 13.1 Å². The van der Waals surface area contributed by atoms with Crippen molar-refractivity contribution >= 4 is 0 Å². The summed E-state index contributed by atoms with van der Waals surface area (Å²) in [6.45, 7) is 6.27. The summed E-state index contributed by atoms with van der Waals surface area (Å²) in [5.74, 6) is 0. The van der Waals surface area contributed by atoms with Crippen LogP contribution in [-0.4, -0.2) is 27.5 Å². The van der Waals surface area contributed by atoms with E-state index in [4.69, 9.17) is 5.11 Å². The minimum Gasteiger partial charge on any atom is -0.392 e. The number of nitrogens with one attached hydrogen (secondary N) is 1. The van der Waals surface area contributed by atoms with E-state index in [9.17, 15) is 0 Å². The molecule has 0 bridgehead atoms. The summed E-state index contributed by atoms with van der Waals surface area (Å²) in [6, 6.07) is 0. The molecule has 14 heavy (non-hydrogen) atoms. The molecule has 0 aliphatic rings. The Kier molecular flexibility index (Phi) is 4.62. The smallest absolute Gasteiger partial charge is 0.0636 e. The zero-order chi connectivity index (χ0) is 10.4. The summed E-state index contributed by atoms with van der Waals surface area (Å²) in [5.41, 5.74) is 1.17. The normalized spacial score (nSPS) is 13.1. The van der Waals surface area contributed by atoms with E-state index in [1.54, 1.807) is 6.92 Å². The van der Waals surface area contributed by atoms with E-state index >= 15 is 0 Å². The lowest BCUT2D eigenvalue weighted by molar-refractivity contribution is 0.191. The number of hydrogen-bond acceptors (Lipinski definition) is 3. The van der Waals surface area contributed by atoms with Crippen LogP contribution in [0, 0.1) is 0 Å². The summed E-state index contributed by atoms with van der Waals surface area (Å²) in [4.78, 5) is 0. The summed E-state index contributed by atoms with van der Waals surface area (Å²) in [7, 11) is 0. The van der Waals surface area contributed by atoms with Crippen LogP contribution in [0.3, 0.4) is 0 Å². The van der Waals surface area contributed by atoms with Crippen molar-refractivity contribution in [1.82, 2.24) is 15.1 Å². The van der Waals surface area contributed by atoms with Crippen LogP contribution in [0.25, 0.3) is 0 Å². The lowest BCUT2D eigenvalue weighted by Crippen LogP contribution is -2.23. The molecule has 0 saturated heterocycles. The minimum absolute atomic E-state index is 0.291. The molecule has 0 aliphatic carbocycles. The standard InChI is InChI=1S/C10H19N3O/c1-3-4-13-8-10(7-12-13)6-11-5-9(2)14/h7-9,11,14H,3-6H2,1-2H3/t9-/m0/s1. The van der Waals surface area contributed by atoms with Crippen molar-refractivity contribution in [3.63, 3.8) is 0 Å². The first-order chi connectivity index (χ1) is 6.72. The molecular weight excluding hydrogens is 178 g/mol. The topological polar surface area (TPSA) is 50.1 Å². The molecule has 0 spiro atoms. The van der Waals surface area contributed by atoms with Gasteiger partial charge in [-0.3, -0.25) is 4.68 Å². The quantitative estimate of drug-likeness (QED) is 0.708. The second-order valence-corrected chi connectivity index (χ2v) is 3.59.